The molecule has 0 spiro atoms. The lowest BCUT2D eigenvalue weighted by Gasteiger charge is -2.07. The van der Waals surface area contributed by atoms with Crippen molar-refractivity contribution in [1.29, 1.82) is 0 Å². The molecule has 1 aromatic heterocycles. The molecule has 5 heteroatoms. The summed E-state index contributed by atoms with van der Waals surface area (Å²) >= 11 is 0. The Morgan fingerprint density at radius 3 is 2.31 bits per heavy atom. The molecular formula is C11H15NO4. The van der Waals surface area contributed by atoms with Crippen LogP contribution in [0.25, 0.3) is 0 Å². The van der Waals surface area contributed by atoms with Crippen molar-refractivity contribution in [3.8, 4) is 0 Å². The quantitative estimate of drug-likeness (QED) is 0.770. The lowest BCUT2D eigenvalue weighted by atomic mass is 9.97. The second kappa shape index (κ2) is 4.38. The number of aryl methyl sites for hydroxylation is 1. The van der Waals surface area contributed by atoms with Crippen molar-refractivity contribution in [2.45, 2.75) is 26.7 Å². The number of H-pyrrole nitrogens is 1. The van der Waals surface area contributed by atoms with E-state index in [1.54, 1.807) is 6.92 Å². The van der Waals surface area contributed by atoms with E-state index in [1.165, 1.54) is 7.11 Å². The van der Waals surface area contributed by atoms with Crippen LogP contribution in [0.1, 0.15) is 51.9 Å². The molecule has 0 aliphatic rings. The average molecular weight is 225 g/mol. The van der Waals surface area contributed by atoms with Crippen LogP contribution in [0, 0.1) is 6.92 Å². The number of aromatic carboxylic acids is 1. The predicted molar refractivity (Wildman–Crippen MR) is 57.9 cm³/mol. The van der Waals surface area contributed by atoms with Gasteiger partial charge in [-0.25, -0.2) is 9.59 Å². The van der Waals surface area contributed by atoms with Gasteiger partial charge in [0.1, 0.15) is 5.69 Å². The molecule has 0 aliphatic carbocycles. The summed E-state index contributed by atoms with van der Waals surface area (Å²) < 4.78 is 4.61. The normalized spacial score (nSPS) is 10.6. The Morgan fingerprint density at radius 2 is 1.94 bits per heavy atom. The Kier molecular flexibility index (Phi) is 3.37. The molecule has 1 rings (SSSR count). The predicted octanol–water partition coefficient (Wildman–Crippen LogP) is 1.93. The molecule has 5 nitrogen and oxygen atoms in total. The zero-order valence-electron chi connectivity index (χ0n) is 9.75. The number of ether oxygens (including phenoxy) is 1. The van der Waals surface area contributed by atoms with E-state index in [1.807, 2.05) is 13.8 Å². The smallest absolute Gasteiger partial charge is 0.354 e. The van der Waals surface area contributed by atoms with Crippen LogP contribution >= 0.6 is 0 Å². The van der Waals surface area contributed by atoms with Gasteiger partial charge in [-0.2, -0.15) is 0 Å². The number of carbonyl (C=O) groups excluding carboxylic acids is 1. The van der Waals surface area contributed by atoms with Gasteiger partial charge in [-0.05, 0) is 12.8 Å². The molecule has 0 saturated heterocycles. The Bertz CT molecular complexity index is 431. The second-order valence-electron chi connectivity index (χ2n) is 3.87. The van der Waals surface area contributed by atoms with E-state index in [-0.39, 0.29) is 17.2 Å². The summed E-state index contributed by atoms with van der Waals surface area (Å²) in [5.74, 6) is -1.64. The maximum absolute atomic E-state index is 11.5. The number of methoxy groups -OCH3 is 1. The van der Waals surface area contributed by atoms with Gasteiger partial charge in [0.25, 0.3) is 0 Å². The number of carbonyl (C=O) groups is 2. The van der Waals surface area contributed by atoms with Crippen LogP contribution in [0.5, 0.6) is 0 Å². The van der Waals surface area contributed by atoms with E-state index in [2.05, 4.69) is 9.72 Å². The van der Waals surface area contributed by atoms with Gasteiger partial charge in [-0.1, -0.05) is 13.8 Å². The number of esters is 1. The SMILES string of the molecule is COC(=O)c1[nH]c(C)c(C(=O)O)c1C(C)C. The molecule has 0 fully saturated rings. The molecule has 1 aromatic rings. The topological polar surface area (TPSA) is 79.4 Å². The van der Waals surface area contributed by atoms with E-state index in [4.69, 9.17) is 5.11 Å². The number of hydrogen-bond donors (Lipinski definition) is 2. The van der Waals surface area contributed by atoms with Gasteiger partial charge < -0.3 is 14.8 Å². The first kappa shape index (κ1) is 12.3. The zero-order chi connectivity index (χ0) is 12.5. The van der Waals surface area contributed by atoms with Crippen LogP contribution in [-0.2, 0) is 4.74 Å². The molecule has 0 radical (unpaired) electrons. The van der Waals surface area contributed by atoms with Crippen LogP contribution in [0.3, 0.4) is 0 Å². The standard InChI is InChI=1S/C11H15NO4/c1-5(2)7-8(10(13)14)6(3)12-9(7)11(15)16-4/h5,12H,1-4H3,(H,13,14). The first-order valence-electron chi connectivity index (χ1n) is 4.94. The van der Waals surface area contributed by atoms with Gasteiger partial charge in [-0.15, -0.1) is 0 Å². The lowest BCUT2D eigenvalue weighted by molar-refractivity contribution is 0.0593. The molecule has 88 valence electrons. The molecule has 0 bridgehead atoms. The fourth-order valence-electron chi connectivity index (χ4n) is 1.76. The molecule has 0 aliphatic heterocycles. The van der Waals surface area contributed by atoms with Gasteiger partial charge in [-0.3, -0.25) is 0 Å². The summed E-state index contributed by atoms with van der Waals surface area (Å²) in [5, 5.41) is 9.09. The fraction of sp³-hybridized carbons (Fsp3) is 0.455. The van der Waals surface area contributed by atoms with Crippen molar-refractivity contribution in [2.24, 2.45) is 0 Å². The lowest BCUT2D eigenvalue weighted by Crippen LogP contribution is -2.08. The van der Waals surface area contributed by atoms with E-state index in [0.29, 0.717) is 11.3 Å². The summed E-state index contributed by atoms with van der Waals surface area (Å²) in [6.07, 6.45) is 0. The van der Waals surface area contributed by atoms with E-state index < -0.39 is 11.9 Å². The summed E-state index contributed by atoms with van der Waals surface area (Å²) in [6, 6.07) is 0. The van der Waals surface area contributed by atoms with Crippen molar-refractivity contribution in [3.63, 3.8) is 0 Å². The summed E-state index contributed by atoms with van der Waals surface area (Å²) in [4.78, 5) is 25.4. The summed E-state index contributed by atoms with van der Waals surface area (Å²) in [6.45, 7) is 5.30. The second-order valence-corrected chi connectivity index (χ2v) is 3.87. The minimum Gasteiger partial charge on any atom is -0.478 e. The molecule has 0 unspecified atom stereocenters. The molecule has 1 heterocycles. The van der Waals surface area contributed by atoms with Crippen LogP contribution < -0.4 is 0 Å². The van der Waals surface area contributed by atoms with Crippen molar-refractivity contribution >= 4 is 11.9 Å². The highest BCUT2D eigenvalue weighted by Gasteiger charge is 2.26. The van der Waals surface area contributed by atoms with Gasteiger partial charge in [0.05, 0.1) is 12.7 Å². The Hall–Kier alpha value is -1.78. The maximum Gasteiger partial charge on any atom is 0.354 e. The maximum atomic E-state index is 11.5. The summed E-state index contributed by atoms with van der Waals surface area (Å²) in [5.41, 5.74) is 1.36. The van der Waals surface area contributed by atoms with Crippen LogP contribution in [0.15, 0.2) is 0 Å². The molecule has 16 heavy (non-hydrogen) atoms. The van der Waals surface area contributed by atoms with Gasteiger partial charge in [0.15, 0.2) is 0 Å². The van der Waals surface area contributed by atoms with Gasteiger partial charge in [0.2, 0.25) is 0 Å². The number of hydrogen-bond acceptors (Lipinski definition) is 3. The van der Waals surface area contributed by atoms with E-state index in [9.17, 15) is 9.59 Å². The van der Waals surface area contributed by atoms with Crippen molar-refractivity contribution in [1.82, 2.24) is 4.98 Å². The Balaban J connectivity index is 3.47. The molecule has 0 atom stereocenters. The monoisotopic (exact) mass is 225 g/mol. The van der Waals surface area contributed by atoms with Crippen LogP contribution in [-0.4, -0.2) is 29.1 Å². The largest absolute Gasteiger partial charge is 0.478 e. The minimum atomic E-state index is -1.03. The third-order valence-corrected chi connectivity index (χ3v) is 2.41. The van der Waals surface area contributed by atoms with E-state index in [0.717, 1.165) is 0 Å². The first-order valence-corrected chi connectivity index (χ1v) is 4.94. The van der Waals surface area contributed by atoms with Crippen molar-refractivity contribution in [2.75, 3.05) is 7.11 Å². The molecular weight excluding hydrogens is 210 g/mol. The third-order valence-electron chi connectivity index (χ3n) is 2.41. The molecule has 2 N–H and O–H groups in total. The summed E-state index contributed by atoms with van der Waals surface area (Å²) in [7, 11) is 1.27. The van der Waals surface area contributed by atoms with E-state index >= 15 is 0 Å². The van der Waals surface area contributed by atoms with Crippen molar-refractivity contribution < 1.29 is 19.4 Å². The number of aromatic nitrogens is 1. The number of nitrogens with one attached hydrogen (secondary N) is 1. The molecule has 0 saturated carbocycles. The van der Waals surface area contributed by atoms with Crippen LogP contribution in [0.2, 0.25) is 0 Å². The minimum absolute atomic E-state index is 0.0647. The Morgan fingerprint density at radius 1 is 1.38 bits per heavy atom. The third kappa shape index (κ3) is 1.93. The number of rotatable bonds is 3. The highest BCUT2D eigenvalue weighted by atomic mass is 16.5. The van der Waals surface area contributed by atoms with Crippen molar-refractivity contribution in [3.05, 3.63) is 22.5 Å². The average Bonchev–Trinajstić information content (AvgIpc) is 2.54. The fourth-order valence-corrected chi connectivity index (χ4v) is 1.76. The zero-order valence-corrected chi connectivity index (χ0v) is 9.75. The number of carboxylic acids is 1. The number of aromatic amines is 1. The van der Waals surface area contributed by atoms with Gasteiger partial charge in [0, 0.05) is 11.3 Å². The Labute approximate surface area is 93.4 Å². The first-order chi connectivity index (χ1) is 7.40. The number of carboxylic acid groups (broad SMARTS) is 1. The highest BCUT2D eigenvalue weighted by Crippen LogP contribution is 2.27. The highest BCUT2D eigenvalue weighted by molar-refractivity contribution is 5.98. The molecule has 0 aromatic carbocycles. The van der Waals surface area contributed by atoms with Crippen LogP contribution in [0.4, 0.5) is 0 Å². The molecule has 0 amide bonds. The van der Waals surface area contributed by atoms with Gasteiger partial charge >= 0.3 is 11.9 Å².